The van der Waals surface area contributed by atoms with Crippen LogP contribution in [0.5, 0.6) is 11.5 Å². The van der Waals surface area contributed by atoms with Crippen molar-refractivity contribution >= 4 is 10.9 Å². The number of hydrogen-bond donors (Lipinski definition) is 1. The molecule has 25 heavy (non-hydrogen) atoms. The molecule has 0 unspecified atom stereocenters. The fraction of sp³-hybridized carbons (Fsp3) is 0.333. The number of H-pyrrole nitrogens is 1. The Morgan fingerprint density at radius 2 is 1.88 bits per heavy atom. The van der Waals surface area contributed by atoms with Crippen LogP contribution in [0.15, 0.2) is 36.4 Å². The Bertz CT molecular complexity index is 912. The van der Waals surface area contributed by atoms with E-state index in [4.69, 9.17) is 9.47 Å². The Kier molecular flexibility index (Phi) is 4.14. The van der Waals surface area contributed by atoms with Crippen molar-refractivity contribution in [3.63, 3.8) is 0 Å². The maximum Gasteiger partial charge on any atom is 0.120 e. The Morgan fingerprint density at radius 3 is 2.68 bits per heavy atom. The molecule has 4 nitrogen and oxygen atoms in total. The third kappa shape index (κ3) is 2.98. The minimum absolute atomic E-state index is 0.697. The molecule has 0 radical (unpaired) electrons. The van der Waals surface area contributed by atoms with Crippen LogP contribution < -0.4 is 9.47 Å². The van der Waals surface area contributed by atoms with Gasteiger partial charge in [-0.2, -0.15) is 0 Å². The standard InChI is InChI=1S/C21H24N2O2/c1-23(2)10-11-25-16-6-4-14-5-8-17-19-12-15(24-3)7-9-20(19)22-21(17)18(14)13-16/h4,6-7,9,12-13,22H,5,8,10-11H2,1-3H3. The second-order valence-electron chi connectivity index (χ2n) is 6.86. The second kappa shape index (κ2) is 6.45. The number of aromatic nitrogens is 1. The zero-order chi connectivity index (χ0) is 17.4. The number of nitrogens with zero attached hydrogens (tertiary/aromatic N) is 1. The van der Waals surface area contributed by atoms with E-state index in [1.807, 2.05) is 6.07 Å². The second-order valence-corrected chi connectivity index (χ2v) is 6.86. The summed E-state index contributed by atoms with van der Waals surface area (Å²) >= 11 is 0. The van der Waals surface area contributed by atoms with Crippen molar-refractivity contribution in [2.75, 3.05) is 34.4 Å². The summed E-state index contributed by atoms with van der Waals surface area (Å²) in [5.41, 5.74) is 6.41. The molecule has 130 valence electrons. The molecule has 2 aromatic carbocycles. The fourth-order valence-corrected chi connectivity index (χ4v) is 3.55. The molecule has 0 aliphatic heterocycles. The predicted octanol–water partition coefficient (Wildman–Crippen LogP) is 3.88. The molecule has 1 aromatic heterocycles. The number of fused-ring (bicyclic) bond motifs is 5. The van der Waals surface area contributed by atoms with E-state index in [0.717, 1.165) is 36.4 Å². The number of ether oxygens (including phenoxy) is 2. The van der Waals surface area contributed by atoms with Crippen molar-refractivity contribution < 1.29 is 9.47 Å². The van der Waals surface area contributed by atoms with E-state index in [9.17, 15) is 0 Å². The quantitative estimate of drug-likeness (QED) is 0.768. The van der Waals surface area contributed by atoms with E-state index in [-0.39, 0.29) is 0 Å². The van der Waals surface area contributed by atoms with E-state index in [0.29, 0.717) is 6.61 Å². The van der Waals surface area contributed by atoms with Crippen molar-refractivity contribution in [3.05, 3.63) is 47.5 Å². The molecule has 1 aliphatic rings. The number of methoxy groups -OCH3 is 1. The first-order valence-electron chi connectivity index (χ1n) is 8.75. The van der Waals surface area contributed by atoms with E-state index >= 15 is 0 Å². The first-order valence-corrected chi connectivity index (χ1v) is 8.75. The molecule has 0 fully saturated rings. The van der Waals surface area contributed by atoms with Gasteiger partial charge < -0.3 is 19.4 Å². The molecule has 0 amide bonds. The highest BCUT2D eigenvalue weighted by Crippen LogP contribution is 2.39. The number of benzene rings is 2. The SMILES string of the molecule is COc1ccc2[nH]c3c(c2c1)CCc1ccc(OCCN(C)C)cc1-3. The molecule has 3 aromatic rings. The minimum atomic E-state index is 0.697. The van der Waals surface area contributed by atoms with Crippen molar-refractivity contribution in [1.82, 2.24) is 9.88 Å². The van der Waals surface area contributed by atoms with Crippen LogP contribution in [0.1, 0.15) is 11.1 Å². The lowest BCUT2D eigenvalue weighted by Crippen LogP contribution is -2.19. The van der Waals surface area contributed by atoms with Crippen LogP contribution in [0.2, 0.25) is 0 Å². The monoisotopic (exact) mass is 336 g/mol. The van der Waals surface area contributed by atoms with Gasteiger partial charge in [0.15, 0.2) is 0 Å². The zero-order valence-electron chi connectivity index (χ0n) is 15.1. The van der Waals surface area contributed by atoms with Gasteiger partial charge in [0.1, 0.15) is 18.1 Å². The summed E-state index contributed by atoms with van der Waals surface area (Å²) in [5.74, 6) is 1.84. The molecule has 0 bridgehead atoms. The van der Waals surface area contributed by atoms with Crippen LogP contribution in [-0.4, -0.2) is 44.2 Å². The third-order valence-corrected chi connectivity index (χ3v) is 4.92. The molecule has 0 spiro atoms. The topological polar surface area (TPSA) is 37.5 Å². The lowest BCUT2D eigenvalue weighted by atomic mass is 9.89. The Hall–Kier alpha value is -2.46. The van der Waals surface area contributed by atoms with Crippen LogP contribution >= 0.6 is 0 Å². The molecule has 1 aliphatic carbocycles. The third-order valence-electron chi connectivity index (χ3n) is 4.92. The Labute approximate surface area is 148 Å². The summed E-state index contributed by atoms with van der Waals surface area (Å²) in [6.07, 6.45) is 2.11. The first kappa shape index (κ1) is 16.0. The molecule has 0 saturated heterocycles. The largest absolute Gasteiger partial charge is 0.497 e. The van der Waals surface area contributed by atoms with Crippen LogP contribution in [0.4, 0.5) is 0 Å². The lowest BCUT2D eigenvalue weighted by Gasteiger charge is -2.18. The molecule has 0 atom stereocenters. The van der Waals surface area contributed by atoms with Gasteiger partial charge in [-0.3, -0.25) is 0 Å². The van der Waals surface area contributed by atoms with Gasteiger partial charge in [-0.05, 0) is 68.4 Å². The van der Waals surface area contributed by atoms with E-state index in [1.165, 1.54) is 27.8 Å². The van der Waals surface area contributed by atoms with Gasteiger partial charge in [0.2, 0.25) is 0 Å². The highest BCUT2D eigenvalue weighted by Gasteiger charge is 2.21. The van der Waals surface area contributed by atoms with Crippen LogP contribution in [-0.2, 0) is 12.8 Å². The number of likely N-dealkylation sites (N-methyl/N-ethyl adjacent to an activating group) is 1. The summed E-state index contributed by atoms with van der Waals surface area (Å²) in [7, 11) is 5.83. The normalized spacial score (nSPS) is 13.0. The molecule has 0 saturated carbocycles. The summed E-state index contributed by atoms with van der Waals surface area (Å²) in [6.45, 7) is 1.61. The van der Waals surface area contributed by atoms with Gasteiger partial charge >= 0.3 is 0 Å². The Balaban J connectivity index is 1.72. The summed E-state index contributed by atoms with van der Waals surface area (Å²) < 4.78 is 11.3. The van der Waals surface area contributed by atoms with Crippen LogP contribution in [0, 0.1) is 0 Å². The highest BCUT2D eigenvalue weighted by atomic mass is 16.5. The van der Waals surface area contributed by atoms with Gasteiger partial charge in [-0.15, -0.1) is 0 Å². The number of aryl methyl sites for hydroxylation is 2. The van der Waals surface area contributed by atoms with Gasteiger partial charge in [-0.1, -0.05) is 6.07 Å². The number of hydrogen-bond acceptors (Lipinski definition) is 3. The van der Waals surface area contributed by atoms with Gasteiger partial charge in [-0.25, -0.2) is 0 Å². The summed E-state index contributed by atoms with van der Waals surface area (Å²) in [5, 5.41) is 1.26. The average molecular weight is 336 g/mol. The smallest absolute Gasteiger partial charge is 0.120 e. The lowest BCUT2D eigenvalue weighted by molar-refractivity contribution is 0.261. The summed E-state index contributed by atoms with van der Waals surface area (Å²) in [6, 6.07) is 12.7. The van der Waals surface area contributed by atoms with Crippen LogP contribution in [0.3, 0.4) is 0 Å². The van der Waals surface area contributed by atoms with Crippen molar-refractivity contribution in [2.24, 2.45) is 0 Å². The van der Waals surface area contributed by atoms with E-state index in [2.05, 4.69) is 54.3 Å². The van der Waals surface area contributed by atoms with Crippen LogP contribution in [0.25, 0.3) is 22.2 Å². The summed E-state index contributed by atoms with van der Waals surface area (Å²) in [4.78, 5) is 5.73. The minimum Gasteiger partial charge on any atom is -0.497 e. The van der Waals surface area contributed by atoms with Crippen molar-refractivity contribution in [3.8, 4) is 22.8 Å². The number of aromatic amines is 1. The van der Waals surface area contributed by atoms with Gasteiger partial charge in [0.05, 0.1) is 12.8 Å². The fourth-order valence-electron chi connectivity index (χ4n) is 3.55. The maximum absolute atomic E-state index is 5.93. The van der Waals surface area contributed by atoms with Gasteiger partial charge in [0.25, 0.3) is 0 Å². The average Bonchev–Trinajstić information content (AvgIpc) is 2.99. The molecule has 1 heterocycles. The predicted molar refractivity (Wildman–Crippen MR) is 102 cm³/mol. The first-order chi connectivity index (χ1) is 12.2. The molecule has 1 N–H and O–H groups in total. The number of nitrogens with one attached hydrogen (secondary N) is 1. The van der Waals surface area contributed by atoms with E-state index in [1.54, 1.807) is 7.11 Å². The molecule has 4 rings (SSSR count). The molecular weight excluding hydrogens is 312 g/mol. The van der Waals surface area contributed by atoms with Crippen molar-refractivity contribution in [2.45, 2.75) is 12.8 Å². The number of rotatable bonds is 5. The Morgan fingerprint density at radius 1 is 1.04 bits per heavy atom. The molecule has 4 heteroatoms. The van der Waals surface area contributed by atoms with E-state index < -0.39 is 0 Å². The van der Waals surface area contributed by atoms with Crippen molar-refractivity contribution in [1.29, 1.82) is 0 Å². The highest BCUT2D eigenvalue weighted by molar-refractivity contribution is 5.93. The maximum atomic E-state index is 5.93. The molecular formula is C21H24N2O2. The zero-order valence-corrected chi connectivity index (χ0v) is 15.1. The van der Waals surface area contributed by atoms with Gasteiger partial charge in [0, 0.05) is 23.0 Å².